The van der Waals surface area contributed by atoms with Crippen LogP contribution < -0.4 is 10.1 Å². The molecule has 3 aromatic rings. The molecule has 0 spiro atoms. The first-order chi connectivity index (χ1) is 10.8. The second-order valence-electron chi connectivity index (χ2n) is 4.94. The zero-order valence-electron chi connectivity index (χ0n) is 12.3. The third-order valence-corrected chi connectivity index (χ3v) is 3.51. The molecule has 1 N–H and O–H groups in total. The molecule has 0 fully saturated rings. The highest BCUT2D eigenvalue weighted by Gasteiger charge is 2.10. The molecule has 0 aliphatic heterocycles. The molecular formula is C17H17N3O2. The summed E-state index contributed by atoms with van der Waals surface area (Å²) in [5.74, 6) is 0.700. The minimum atomic E-state index is -0.188. The van der Waals surface area contributed by atoms with Crippen LogP contribution in [0.2, 0.25) is 0 Å². The van der Waals surface area contributed by atoms with Gasteiger partial charge in [0.25, 0.3) is 0 Å². The molecule has 0 bridgehead atoms. The number of hydrogen-bond donors (Lipinski definition) is 1. The summed E-state index contributed by atoms with van der Waals surface area (Å²) in [5, 5.41) is 2.91. The Labute approximate surface area is 128 Å². The number of nitrogens with zero attached hydrogens (tertiary/aromatic N) is 2. The third kappa shape index (κ3) is 2.93. The van der Waals surface area contributed by atoms with E-state index in [0.717, 1.165) is 17.5 Å². The van der Waals surface area contributed by atoms with Gasteiger partial charge in [-0.15, -0.1) is 0 Å². The Morgan fingerprint density at radius 3 is 2.82 bits per heavy atom. The summed E-state index contributed by atoms with van der Waals surface area (Å²) in [5.41, 5.74) is 2.69. The van der Waals surface area contributed by atoms with E-state index in [-0.39, 0.29) is 6.03 Å². The minimum Gasteiger partial charge on any atom is -0.497 e. The van der Waals surface area contributed by atoms with Crippen molar-refractivity contribution in [2.45, 2.75) is 6.42 Å². The predicted octanol–water partition coefficient (Wildman–Crippen LogP) is 2.85. The first-order valence-corrected chi connectivity index (χ1v) is 7.11. The summed E-state index contributed by atoms with van der Waals surface area (Å²) in [6.07, 6.45) is 2.32. The van der Waals surface area contributed by atoms with Crippen molar-refractivity contribution < 1.29 is 9.53 Å². The molecule has 0 aliphatic rings. The van der Waals surface area contributed by atoms with Gasteiger partial charge < -0.3 is 10.1 Å². The number of rotatable bonds is 4. The predicted molar refractivity (Wildman–Crippen MR) is 85.2 cm³/mol. The average molecular weight is 295 g/mol. The van der Waals surface area contributed by atoms with Gasteiger partial charge in [0.05, 0.1) is 18.1 Å². The smallest absolute Gasteiger partial charge is 0.327 e. The Morgan fingerprint density at radius 2 is 2.05 bits per heavy atom. The highest BCUT2D eigenvalue weighted by molar-refractivity contribution is 5.89. The summed E-state index contributed by atoms with van der Waals surface area (Å²) < 4.78 is 6.70. The van der Waals surface area contributed by atoms with Gasteiger partial charge in [0.1, 0.15) is 12.1 Å². The number of ether oxygens (including phenoxy) is 1. The first-order valence-electron chi connectivity index (χ1n) is 7.11. The van der Waals surface area contributed by atoms with Crippen molar-refractivity contribution in [3.05, 3.63) is 60.4 Å². The van der Waals surface area contributed by atoms with Crippen LogP contribution in [0.15, 0.2) is 54.9 Å². The fourth-order valence-corrected chi connectivity index (χ4v) is 2.32. The van der Waals surface area contributed by atoms with E-state index in [1.807, 2.05) is 42.5 Å². The molecule has 0 saturated heterocycles. The minimum absolute atomic E-state index is 0.188. The molecule has 112 valence electrons. The quantitative estimate of drug-likeness (QED) is 0.805. The zero-order valence-corrected chi connectivity index (χ0v) is 12.3. The van der Waals surface area contributed by atoms with Crippen LogP contribution in [-0.2, 0) is 6.42 Å². The zero-order chi connectivity index (χ0) is 15.4. The largest absolute Gasteiger partial charge is 0.497 e. The number of carbonyl (C=O) groups is 1. The van der Waals surface area contributed by atoms with Crippen LogP contribution in [0.5, 0.6) is 5.75 Å². The first kappa shape index (κ1) is 14.1. The van der Waals surface area contributed by atoms with Gasteiger partial charge in [-0.1, -0.05) is 30.3 Å². The van der Waals surface area contributed by atoms with E-state index in [1.165, 1.54) is 16.5 Å². The molecule has 1 heterocycles. The number of nitrogens with one attached hydrogen (secondary N) is 1. The number of amides is 1. The highest BCUT2D eigenvalue weighted by Crippen LogP contribution is 2.19. The maximum absolute atomic E-state index is 12.3. The van der Waals surface area contributed by atoms with E-state index >= 15 is 0 Å². The number of hydrogen-bond acceptors (Lipinski definition) is 3. The molecule has 0 unspecified atom stereocenters. The normalized spacial score (nSPS) is 10.6. The summed E-state index contributed by atoms with van der Waals surface area (Å²) >= 11 is 0. The van der Waals surface area contributed by atoms with Crippen molar-refractivity contribution in [2.75, 3.05) is 13.7 Å². The van der Waals surface area contributed by atoms with Crippen molar-refractivity contribution in [1.29, 1.82) is 0 Å². The molecule has 5 nitrogen and oxygen atoms in total. The van der Waals surface area contributed by atoms with E-state index in [4.69, 9.17) is 4.74 Å². The van der Waals surface area contributed by atoms with Gasteiger partial charge in [0, 0.05) is 12.6 Å². The Balaban J connectivity index is 1.69. The standard InChI is InChI=1S/C17H17N3O2/c1-22-14-7-8-15-16(11-14)20(12-19-15)17(21)18-10-9-13-5-3-2-4-6-13/h2-8,11-12H,9-10H2,1H3,(H,18,21). The fourth-order valence-electron chi connectivity index (χ4n) is 2.32. The maximum atomic E-state index is 12.3. The fraction of sp³-hybridized carbons (Fsp3) is 0.176. The van der Waals surface area contributed by atoms with E-state index in [1.54, 1.807) is 13.2 Å². The van der Waals surface area contributed by atoms with Crippen LogP contribution in [0.3, 0.4) is 0 Å². The summed E-state index contributed by atoms with van der Waals surface area (Å²) in [4.78, 5) is 16.5. The second-order valence-corrected chi connectivity index (χ2v) is 4.94. The molecule has 1 aromatic heterocycles. The van der Waals surface area contributed by atoms with Gasteiger partial charge in [-0.05, 0) is 24.1 Å². The summed E-state index contributed by atoms with van der Waals surface area (Å²) in [6.45, 7) is 0.576. The Bertz CT molecular complexity index is 781. The van der Waals surface area contributed by atoms with Crippen LogP contribution >= 0.6 is 0 Å². The second kappa shape index (κ2) is 6.30. The van der Waals surface area contributed by atoms with Crippen molar-refractivity contribution in [1.82, 2.24) is 14.9 Å². The molecule has 2 aromatic carbocycles. The summed E-state index contributed by atoms with van der Waals surface area (Å²) in [7, 11) is 1.60. The number of imidazole rings is 1. The topological polar surface area (TPSA) is 56.2 Å². The van der Waals surface area contributed by atoms with Crippen LogP contribution in [-0.4, -0.2) is 29.2 Å². The monoisotopic (exact) mass is 295 g/mol. The number of fused-ring (bicyclic) bond motifs is 1. The SMILES string of the molecule is COc1ccc2ncn(C(=O)NCCc3ccccc3)c2c1. The van der Waals surface area contributed by atoms with E-state index in [9.17, 15) is 4.79 Å². The molecule has 1 amide bonds. The van der Waals surface area contributed by atoms with Gasteiger partial charge in [0.15, 0.2) is 0 Å². The highest BCUT2D eigenvalue weighted by atomic mass is 16.5. The van der Waals surface area contributed by atoms with E-state index < -0.39 is 0 Å². The van der Waals surface area contributed by atoms with Crippen LogP contribution in [0.25, 0.3) is 11.0 Å². The average Bonchev–Trinajstić information content (AvgIpc) is 2.98. The van der Waals surface area contributed by atoms with Gasteiger partial charge in [-0.3, -0.25) is 4.57 Å². The molecule has 22 heavy (non-hydrogen) atoms. The molecule has 3 rings (SSSR count). The maximum Gasteiger partial charge on any atom is 0.327 e. The van der Waals surface area contributed by atoms with Crippen molar-refractivity contribution in [2.24, 2.45) is 0 Å². The van der Waals surface area contributed by atoms with Gasteiger partial charge in [-0.2, -0.15) is 0 Å². The van der Waals surface area contributed by atoms with Crippen molar-refractivity contribution in [3.8, 4) is 5.75 Å². The molecular weight excluding hydrogens is 278 g/mol. The lowest BCUT2D eigenvalue weighted by atomic mass is 10.1. The van der Waals surface area contributed by atoms with Gasteiger partial charge >= 0.3 is 6.03 Å². The lowest BCUT2D eigenvalue weighted by Crippen LogP contribution is -2.29. The van der Waals surface area contributed by atoms with Crippen LogP contribution in [0, 0.1) is 0 Å². The molecule has 0 radical (unpaired) electrons. The van der Waals surface area contributed by atoms with E-state index in [2.05, 4.69) is 10.3 Å². The Morgan fingerprint density at radius 1 is 1.23 bits per heavy atom. The molecule has 5 heteroatoms. The van der Waals surface area contributed by atoms with Gasteiger partial charge in [-0.25, -0.2) is 9.78 Å². The van der Waals surface area contributed by atoms with Gasteiger partial charge in [0.2, 0.25) is 0 Å². The molecule has 0 aliphatic carbocycles. The third-order valence-electron chi connectivity index (χ3n) is 3.51. The molecule has 0 saturated carbocycles. The lowest BCUT2D eigenvalue weighted by molar-refractivity contribution is 0.243. The lowest BCUT2D eigenvalue weighted by Gasteiger charge is -2.07. The number of aromatic nitrogens is 2. The van der Waals surface area contributed by atoms with Crippen molar-refractivity contribution in [3.63, 3.8) is 0 Å². The van der Waals surface area contributed by atoms with E-state index in [0.29, 0.717) is 12.3 Å². The Kier molecular flexibility index (Phi) is 4.05. The van der Waals surface area contributed by atoms with Crippen LogP contribution in [0.4, 0.5) is 4.79 Å². The summed E-state index contributed by atoms with van der Waals surface area (Å²) in [6, 6.07) is 15.3. The number of benzene rings is 2. The number of carbonyl (C=O) groups excluding carboxylic acids is 1. The van der Waals surface area contributed by atoms with Crippen molar-refractivity contribution >= 4 is 17.1 Å². The number of methoxy groups -OCH3 is 1. The van der Waals surface area contributed by atoms with Crippen LogP contribution in [0.1, 0.15) is 5.56 Å². The molecule has 0 atom stereocenters. The Hall–Kier alpha value is -2.82.